The third kappa shape index (κ3) is 2.34. The molecule has 78 valence electrons. The van der Waals surface area contributed by atoms with Gasteiger partial charge in [0.1, 0.15) is 6.10 Å². The van der Waals surface area contributed by atoms with Crippen molar-refractivity contribution in [2.75, 3.05) is 6.61 Å². The van der Waals surface area contributed by atoms with Gasteiger partial charge in [-0.3, -0.25) is 0 Å². The molecule has 0 saturated heterocycles. The highest BCUT2D eigenvalue weighted by Crippen LogP contribution is 2.15. The molecular formula is C5H10O8. The van der Waals surface area contributed by atoms with Crippen molar-refractivity contribution < 1.29 is 40.5 Å². The highest BCUT2D eigenvalue weighted by Gasteiger charge is 2.49. The molecule has 3 atom stereocenters. The minimum absolute atomic E-state index is 1.000. The number of carboxylic acid groups (broad SMARTS) is 1. The average molecular weight is 198 g/mol. The van der Waals surface area contributed by atoms with Gasteiger partial charge >= 0.3 is 11.8 Å². The molecule has 6 N–H and O–H groups in total. The van der Waals surface area contributed by atoms with Gasteiger partial charge in [0, 0.05) is 0 Å². The molecule has 0 amide bonds. The van der Waals surface area contributed by atoms with Gasteiger partial charge in [0.25, 0.3) is 0 Å². The first-order chi connectivity index (χ1) is 5.90. The van der Waals surface area contributed by atoms with Crippen LogP contribution in [0.5, 0.6) is 0 Å². The molecule has 0 aliphatic heterocycles. The molecule has 0 aromatic rings. The molecule has 13 heavy (non-hydrogen) atoms. The largest absolute Gasteiger partial charge is 0.477 e. The van der Waals surface area contributed by atoms with E-state index in [2.05, 4.69) is 4.89 Å². The number of hydrogen-bond donors (Lipinski definition) is 6. The fourth-order valence-corrected chi connectivity index (χ4v) is 0.580. The first kappa shape index (κ1) is 12.2. The number of aliphatic hydroxyl groups is 4. The zero-order valence-corrected chi connectivity index (χ0v) is 6.36. The lowest BCUT2D eigenvalue weighted by atomic mass is 10.1. The van der Waals surface area contributed by atoms with Crippen LogP contribution < -0.4 is 0 Å². The molecular weight excluding hydrogens is 188 g/mol. The van der Waals surface area contributed by atoms with E-state index in [4.69, 9.17) is 30.8 Å². The smallest absolute Gasteiger partial charge is 0.370 e. The number of aliphatic carboxylic acids is 1. The van der Waals surface area contributed by atoms with Gasteiger partial charge in [0.05, 0.1) is 6.61 Å². The number of aliphatic hydroxyl groups excluding tert-OH is 3. The zero-order chi connectivity index (χ0) is 10.6. The minimum atomic E-state index is -3.36. The summed E-state index contributed by atoms with van der Waals surface area (Å²) in [5.41, 5.74) is 0. The molecule has 0 aliphatic rings. The standard InChI is InChI=1S/C5H10O8/c6-1-2(7)3(8)5(11,13-12)4(9)10/h2-3,6-8,11-12H,1H2,(H,9,10)/t2-,3+,5+/m1/s1. The summed E-state index contributed by atoms with van der Waals surface area (Å²) in [6, 6.07) is 0. The molecule has 0 fully saturated rings. The van der Waals surface area contributed by atoms with Gasteiger partial charge in [0.2, 0.25) is 0 Å². The topological polar surface area (TPSA) is 148 Å². The lowest BCUT2D eigenvalue weighted by Crippen LogP contribution is -2.56. The number of hydrogen-bond acceptors (Lipinski definition) is 7. The first-order valence-corrected chi connectivity index (χ1v) is 3.15. The highest BCUT2D eigenvalue weighted by atomic mass is 17.1. The molecule has 0 bridgehead atoms. The minimum Gasteiger partial charge on any atom is -0.477 e. The van der Waals surface area contributed by atoms with E-state index >= 15 is 0 Å². The van der Waals surface area contributed by atoms with Crippen molar-refractivity contribution in [2.45, 2.75) is 18.0 Å². The Morgan fingerprint density at radius 3 is 2.15 bits per heavy atom. The third-order valence-corrected chi connectivity index (χ3v) is 1.40. The van der Waals surface area contributed by atoms with E-state index in [1.165, 1.54) is 0 Å². The Morgan fingerprint density at radius 1 is 1.46 bits per heavy atom. The Hall–Kier alpha value is -0.770. The lowest BCUT2D eigenvalue weighted by Gasteiger charge is -2.27. The average Bonchev–Trinajstić information content (AvgIpc) is 2.13. The van der Waals surface area contributed by atoms with Crippen molar-refractivity contribution in [3.63, 3.8) is 0 Å². The monoisotopic (exact) mass is 198 g/mol. The molecule has 8 nitrogen and oxygen atoms in total. The summed E-state index contributed by atoms with van der Waals surface area (Å²) < 4.78 is 0. The van der Waals surface area contributed by atoms with Gasteiger partial charge in [0.15, 0.2) is 6.10 Å². The normalized spacial score (nSPS) is 20.4. The second-order valence-corrected chi connectivity index (χ2v) is 2.29. The van der Waals surface area contributed by atoms with Gasteiger partial charge in [-0.1, -0.05) is 0 Å². The quantitative estimate of drug-likeness (QED) is 0.155. The van der Waals surface area contributed by atoms with Gasteiger partial charge in [-0.15, -0.1) is 0 Å². The molecule has 0 aliphatic carbocycles. The first-order valence-electron chi connectivity index (χ1n) is 3.15. The summed E-state index contributed by atoms with van der Waals surface area (Å²) in [6.45, 7) is -1.000. The van der Waals surface area contributed by atoms with Crippen LogP contribution in [0.3, 0.4) is 0 Å². The van der Waals surface area contributed by atoms with Crippen molar-refractivity contribution >= 4 is 5.97 Å². The molecule has 0 saturated carbocycles. The maximum absolute atomic E-state index is 10.2. The van der Waals surface area contributed by atoms with E-state index < -0.39 is 30.6 Å². The Labute approximate surface area is 72.2 Å². The van der Waals surface area contributed by atoms with Crippen LogP contribution in [0.4, 0.5) is 0 Å². The Bertz CT molecular complexity index is 181. The summed E-state index contributed by atoms with van der Waals surface area (Å²) in [5.74, 6) is -5.46. The Kier molecular flexibility index (Phi) is 4.20. The predicted molar refractivity (Wildman–Crippen MR) is 35.4 cm³/mol. The maximum Gasteiger partial charge on any atom is 0.370 e. The molecule has 0 aromatic carbocycles. The van der Waals surface area contributed by atoms with Crippen LogP contribution in [-0.4, -0.2) is 61.4 Å². The van der Waals surface area contributed by atoms with Crippen molar-refractivity contribution in [2.24, 2.45) is 0 Å². The van der Waals surface area contributed by atoms with Gasteiger partial charge in [-0.25, -0.2) is 10.1 Å². The van der Waals surface area contributed by atoms with E-state index in [-0.39, 0.29) is 0 Å². The number of carbonyl (C=O) groups is 1. The Morgan fingerprint density at radius 2 is 1.92 bits per heavy atom. The summed E-state index contributed by atoms with van der Waals surface area (Å²) in [6.07, 6.45) is -4.33. The maximum atomic E-state index is 10.2. The molecule has 0 spiro atoms. The molecule has 0 heterocycles. The molecule has 0 rings (SSSR count). The molecule has 0 radical (unpaired) electrons. The molecule has 0 aromatic heterocycles. The van der Waals surface area contributed by atoms with Crippen molar-refractivity contribution in [3.05, 3.63) is 0 Å². The van der Waals surface area contributed by atoms with E-state index in [0.717, 1.165) is 0 Å². The fraction of sp³-hybridized carbons (Fsp3) is 0.800. The number of rotatable bonds is 5. The van der Waals surface area contributed by atoms with Crippen LogP contribution in [0.25, 0.3) is 0 Å². The van der Waals surface area contributed by atoms with E-state index in [9.17, 15) is 4.79 Å². The lowest BCUT2D eigenvalue weighted by molar-refractivity contribution is -0.406. The van der Waals surface area contributed by atoms with Crippen molar-refractivity contribution in [1.29, 1.82) is 0 Å². The summed E-state index contributed by atoms with van der Waals surface area (Å²) >= 11 is 0. The summed E-state index contributed by atoms with van der Waals surface area (Å²) in [7, 11) is 0. The fourth-order valence-electron chi connectivity index (χ4n) is 0.580. The summed E-state index contributed by atoms with van der Waals surface area (Å²) in [5, 5.41) is 51.0. The second-order valence-electron chi connectivity index (χ2n) is 2.29. The van der Waals surface area contributed by atoms with Crippen LogP contribution in [0, 0.1) is 0 Å². The highest BCUT2D eigenvalue weighted by molar-refractivity contribution is 5.76. The molecule has 8 heteroatoms. The number of carboxylic acids is 1. The van der Waals surface area contributed by atoms with Crippen LogP contribution >= 0.6 is 0 Å². The van der Waals surface area contributed by atoms with Gasteiger partial charge in [-0.2, -0.15) is 4.89 Å². The van der Waals surface area contributed by atoms with Crippen LogP contribution in [0.1, 0.15) is 0 Å². The van der Waals surface area contributed by atoms with Crippen LogP contribution in [0.2, 0.25) is 0 Å². The third-order valence-electron chi connectivity index (χ3n) is 1.40. The van der Waals surface area contributed by atoms with Crippen molar-refractivity contribution in [3.8, 4) is 0 Å². The van der Waals surface area contributed by atoms with E-state index in [0.29, 0.717) is 0 Å². The van der Waals surface area contributed by atoms with Gasteiger partial charge < -0.3 is 25.5 Å². The second kappa shape index (κ2) is 4.46. The zero-order valence-electron chi connectivity index (χ0n) is 6.36. The van der Waals surface area contributed by atoms with Gasteiger partial charge in [-0.05, 0) is 0 Å². The van der Waals surface area contributed by atoms with Crippen LogP contribution in [-0.2, 0) is 9.68 Å². The van der Waals surface area contributed by atoms with Crippen molar-refractivity contribution in [1.82, 2.24) is 0 Å². The van der Waals surface area contributed by atoms with E-state index in [1.54, 1.807) is 0 Å². The Balaban J connectivity index is 4.65. The van der Waals surface area contributed by atoms with E-state index in [1.807, 2.05) is 0 Å². The summed E-state index contributed by atoms with van der Waals surface area (Å²) in [4.78, 5) is 13.3. The molecule has 0 unspecified atom stereocenters. The predicted octanol–water partition coefficient (Wildman–Crippen LogP) is -3.04. The SMILES string of the molecule is O=C(O)[C@@](O)(OO)[C@@H](O)[C@H](O)CO. The van der Waals surface area contributed by atoms with Crippen LogP contribution in [0.15, 0.2) is 0 Å².